The number of hydrogen-bond acceptors (Lipinski definition) is 4. The smallest absolute Gasteiger partial charge is 0.337 e. The van der Waals surface area contributed by atoms with Crippen LogP contribution >= 0.6 is 11.3 Å². The number of aryl methyl sites for hydroxylation is 1. The molecule has 3 rings (SSSR count). The Hall–Kier alpha value is -2.18. The van der Waals surface area contributed by atoms with Crippen LogP contribution in [0.3, 0.4) is 0 Å². The fourth-order valence-electron chi connectivity index (χ4n) is 3.75. The van der Waals surface area contributed by atoms with Crippen molar-refractivity contribution in [3.63, 3.8) is 0 Å². The van der Waals surface area contributed by atoms with Gasteiger partial charge in [-0.15, -0.1) is 11.3 Å². The largest absolute Gasteiger partial charge is 0.478 e. The van der Waals surface area contributed by atoms with Crippen molar-refractivity contribution in [2.75, 3.05) is 14.1 Å². The summed E-state index contributed by atoms with van der Waals surface area (Å²) in [6.45, 7) is 4.99. The van der Waals surface area contributed by atoms with E-state index in [-0.39, 0.29) is 11.3 Å². The maximum Gasteiger partial charge on any atom is 0.337 e. The van der Waals surface area contributed by atoms with Crippen LogP contribution in [0.25, 0.3) is 10.4 Å². The Morgan fingerprint density at radius 1 is 1.26 bits per heavy atom. The van der Waals surface area contributed by atoms with Crippen LogP contribution in [0.4, 0.5) is 0 Å². The third kappa shape index (κ3) is 3.77. The van der Waals surface area contributed by atoms with Crippen LogP contribution in [0, 0.1) is 5.41 Å². The van der Waals surface area contributed by atoms with Crippen molar-refractivity contribution in [2.45, 2.75) is 39.7 Å². The topological polar surface area (TPSA) is 78.4 Å². The summed E-state index contributed by atoms with van der Waals surface area (Å²) in [5, 5.41) is 15.8. The summed E-state index contributed by atoms with van der Waals surface area (Å²) in [5.41, 5.74) is 3.85. The van der Waals surface area contributed by atoms with Gasteiger partial charge in [0.15, 0.2) is 0 Å². The van der Waals surface area contributed by atoms with Crippen LogP contribution in [0.1, 0.15) is 57.0 Å². The summed E-state index contributed by atoms with van der Waals surface area (Å²) in [6.07, 6.45) is 2.74. The number of carboxylic acids is 1. The highest BCUT2D eigenvalue weighted by molar-refractivity contribution is 7.16. The number of carbonyl (C=O) groups excluding carboxylic acids is 1. The maximum absolute atomic E-state index is 12.2. The van der Waals surface area contributed by atoms with Gasteiger partial charge in [-0.1, -0.05) is 19.9 Å². The van der Waals surface area contributed by atoms with E-state index in [9.17, 15) is 14.7 Å². The van der Waals surface area contributed by atoms with Gasteiger partial charge in [0.05, 0.1) is 5.56 Å². The minimum atomic E-state index is -0.888. The fraction of sp³-hybridized carbons (Fsp3) is 0.429. The third-order valence-corrected chi connectivity index (χ3v) is 6.52. The summed E-state index contributed by atoms with van der Waals surface area (Å²) in [7, 11) is 3.45. The first-order valence-corrected chi connectivity index (χ1v) is 9.97. The van der Waals surface area contributed by atoms with Gasteiger partial charge in [0, 0.05) is 28.9 Å². The third-order valence-electron chi connectivity index (χ3n) is 5.20. The zero-order valence-electron chi connectivity index (χ0n) is 16.2. The zero-order chi connectivity index (χ0) is 19.8. The van der Waals surface area contributed by atoms with Gasteiger partial charge >= 0.3 is 5.97 Å². The number of fused-ring (bicyclic) bond motifs is 1. The van der Waals surface area contributed by atoms with Gasteiger partial charge in [-0.05, 0) is 60.5 Å². The van der Waals surface area contributed by atoms with Gasteiger partial charge < -0.3 is 15.7 Å². The summed E-state index contributed by atoms with van der Waals surface area (Å²) < 4.78 is 0. The van der Waals surface area contributed by atoms with Gasteiger partial charge in [0.2, 0.25) is 0 Å². The Morgan fingerprint density at radius 2 is 2.00 bits per heavy atom. The van der Waals surface area contributed by atoms with E-state index in [0.717, 1.165) is 40.8 Å². The molecule has 6 heteroatoms. The van der Waals surface area contributed by atoms with Gasteiger partial charge in [-0.2, -0.15) is 0 Å². The number of thiophene rings is 1. The molecule has 0 bridgehead atoms. The van der Waals surface area contributed by atoms with E-state index in [1.165, 1.54) is 4.88 Å². The number of benzene rings is 1. The lowest BCUT2D eigenvalue weighted by Gasteiger charge is -2.29. The second-order valence-corrected chi connectivity index (χ2v) is 8.94. The Labute approximate surface area is 163 Å². The van der Waals surface area contributed by atoms with Crippen molar-refractivity contribution in [1.29, 1.82) is 0 Å². The molecule has 2 aromatic rings. The Balaban J connectivity index is 2.23. The van der Waals surface area contributed by atoms with Crippen LogP contribution < -0.4 is 10.6 Å². The van der Waals surface area contributed by atoms with Crippen molar-refractivity contribution in [3.8, 4) is 10.4 Å². The summed E-state index contributed by atoms with van der Waals surface area (Å²) in [5.74, 6) is -1.06. The predicted molar refractivity (Wildman–Crippen MR) is 109 cm³/mol. The lowest BCUT2D eigenvalue weighted by molar-refractivity contribution is 0.0696. The molecule has 5 nitrogen and oxygen atoms in total. The highest BCUT2D eigenvalue weighted by Crippen LogP contribution is 2.45. The number of carbonyl (C=O) groups is 2. The molecule has 0 aliphatic heterocycles. The van der Waals surface area contributed by atoms with Gasteiger partial charge in [-0.25, -0.2) is 4.79 Å². The van der Waals surface area contributed by atoms with E-state index in [4.69, 9.17) is 0 Å². The molecular weight excluding hydrogens is 360 g/mol. The molecule has 0 radical (unpaired) electrons. The first kappa shape index (κ1) is 19.6. The average molecular weight is 387 g/mol. The summed E-state index contributed by atoms with van der Waals surface area (Å²) >= 11 is 1.57. The molecule has 1 heterocycles. The second-order valence-electron chi connectivity index (χ2n) is 7.84. The molecular formula is C21H26N2O3S. The molecule has 27 heavy (non-hydrogen) atoms. The monoisotopic (exact) mass is 386 g/mol. The normalized spacial score (nSPS) is 15.3. The number of rotatable bonds is 5. The molecule has 0 fully saturated rings. The van der Waals surface area contributed by atoms with Crippen molar-refractivity contribution in [3.05, 3.63) is 45.3 Å². The Morgan fingerprint density at radius 3 is 2.63 bits per heavy atom. The van der Waals surface area contributed by atoms with E-state index >= 15 is 0 Å². The number of aromatic carboxylic acids is 1. The van der Waals surface area contributed by atoms with Crippen molar-refractivity contribution >= 4 is 23.2 Å². The Bertz CT molecular complexity index is 899. The molecule has 1 aromatic carbocycles. The minimum absolute atomic E-state index is 0.104. The number of hydrogen-bond donors (Lipinski definition) is 3. The predicted octanol–water partition coefficient (Wildman–Crippen LogP) is 3.71. The first-order valence-electron chi connectivity index (χ1n) is 9.15. The lowest BCUT2D eigenvalue weighted by atomic mass is 9.76. The minimum Gasteiger partial charge on any atom is -0.478 e. The van der Waals surface area contributed by atoms with Crippen molar-refractivity contribution in [1.82, 2.24) is 10.6 Å². The quantitative estimate of drug-likeness (QED) is 0.732. The van der Waals surface area contributed by atoms with Gasteiger partial charge in [0.1, 0.15) is 0 Å². The van der Waals surface area contributed by atoms with Crippen molar-refractivity contribution < 1.29 is 14.7 Å². The van der Waals surface area contributed by atoms with Crippen molar-refractivity contribution in [2.24, 2.45) is 5.41 Å². The SMILES string of the molecule is CNCc1ccc(C(=O)NC)cc1-c1sc2c(c1C(=O)O)CC(C)(C)CC2. The molecule has 144 valence electrons. The molecule has 1 aromatic heterocycles. The fourth-order valence-corrected chi connectivity index (χ4v) is 5.11. The van der Waals surface area contributed by atoms with E-state index in [1.807, 2.05) is 19.2 Å². The zero-order valence-corrected chi connectivity index (χ0v) is 17.0. The highest BCUT2D eigenvalue weighted by atomic mass is 32.1. The van der Waals surface area contributed by atoms with Gasteiger partial charge in [-0.3, -0.25) is 4.79 Å². The number of nitrogens with one attached hydrogen (secondary N) is 2. The Kier molecular flexibility index (Phi) is 5.40. The average Bonchev–Trinajstić information content (AvgIpc) is 2.99. The molecule has 0 spiro atoms. The van der Waals surface area contributed by atoms with E-state index < -0.39 is 5.97 Å². The number of amides is 1. The van der Waals surface area contributed by atoms with Gasteiger partial charge in [0.25, 0.3) is 5.91 Å². The molecule has 1 amide bonds. The maximum atomic E-state index is 12.2. The first-order chi connectivity index (χ1) is 12.8. The molecule has 0 saturated heterocycles. The highest BCUT2D eigenvalue weighted by Gasteiger charge is 2.33. The van der Waals surface area contributed by atoms with Crippen LogP contribution in [-0.4, -0.2) is 31.1 Å². The van der Waals surface area contributed by atoms with Crippen LogP contribution in [0.5, 0.6) is 0 Å². The molecule has 0 unspecified atom stereocenters. The molecule has 0 atom stereocenters. The van der Waals surface area contributed by atoms with E-state index in [2.05, 4.69) is 24.5 Å². The van der Waals surface area contributed by atoms with Crippen LogP contribution in [-0.2, 0) is 19.4 Å². The summed E-state index contributed by atoms with van der Waals surface area (Å²) in [6, 6.07) is 5.51. The number of carboxylic acid groups (broad SMARTS) is 1. The lowest BCUT2D eigenvalue weighted by Crippen LogP contribution is -2.22. The van der Waals surface area contributed by atoms with Crippen LogP contribution in [0.2, 0.25) is 0 Å². The van der Waals surface area contributed by atoms with E-state index in [1.54, 1.807) is 24.5 Å². The molecule has 0 saturated carbocycles. The van der Waals surface area contributed by atoms with Crippen LogP contribution in [0.15, 0.2) is 18.2 Å². The second kappa shape index (κ2) is 7.44. The summed E-state index contributed by atoms with van der Waals surface area (Å²) in [4.78, 5) is 26.3. The molecule has 1 aliphatic rings. The molecule has 3 N–H and O–H groups in total. The van der Waals surface area contributed by atoms with E-state index in [0.29, 0.717) is 17.7 Å². The molecule has 1 aliphatic carbocycles. The standard InChI is InChI=1S/C21H26N2O3S/c1-21(2)8-7-16-15(10-21)17(20(25)26)18(27-16)14-9-12(19(24)23-4)5-6-13(14)11-22-3/h5-6,9,22H,7-8,10-11H2,1-4H3,(H,23,24)(H,25,26).